The van der Waals surface area contributed by atoms with Gasteiger partial charge in [0, 0.05) is 31.1 Å². The zero-order valence-electron chi connectivity index (χ0n) is 17.8. The molecule has 1 amide bonds. The first-order valence-corrected chi connectivity index (χ1v) is 11.2. The van der Waals surface area contributed by atoms with Gasteiger partial charge in [-0.15, -0.1) is 0 Å². The maximum atomic E-state index is 12.2. The van der Waals surface area contributed by atoms with Crippen molar-refractivity contribution in [3.8, 4) is 5.69 Å². The van der Waals surface area contributed by atoms with E-state index in [1.165, 1.54) is 5.56 Å². The molecule has 1 fully saturated rings. The smallest absolute Gasteiger partial charge is 0.412 e. The molecular weight excluding hydrogens is 463 g/mol. The predicted octanol–water partition coefficient (Wildman–Crippen LogP) is 4.92. The van der Waals surface area contributed by atoms with Crippen LogP contribution in [0.2, 0.25) is 0 Å². The van der Waals surface area contributed by atoms with E-state index in [-0.39, 0.29) is 12.0 Å². The molecule has 0 radical (unpaired) electrons. The fraction of sp³-hybridized carbons (Fsp3) is 0.524. The third-order valence-corrected chi connectivity index (χ3v) is 5.09. The SMILES string of the molecule is CC(C)(C)c1cc(NC(=O)OCC(Cl)(Cl)Cl)n(-c2ccc(CN3CCOCC3)cc2)n1. The average Bonchev–Trinajstić information content (AvgIpc) is 3.11. The van der Waals surface area contributed by atoms with Gasteiger partial charge in [-0.3, -0.25) is 10.2 Å². The maximum absolute atomic E-state index is 12.2. The molecule has 1 aliphatic heterocycles. The Morgan fingerprint density at radius 1 is 1.16 bits per heavy atom. The highest BCUT2D eigenvalue weighted by Gasteiger charge is 2.24. The summed E-state index contributed by atoms with van der Waals surface area (Å²) in [6.45, 7) is 10.1. The van der Waals surface area contributed by atoms with E-state index in [0.717, 1.165) is 44.2 Å². The Labute approximate surface area is 197 Å². The summed E-state index contributed by atoms with van der Waals surface area (Å²) in [6, 6.07) is 9.90. The van der Waals surface area contributed by atoms with Crippen molar-refractivity contribution in [2.24, 2.45) is 0 Å². The Morgan fingerprint density at radius 3 is 2.39 bits per heavy atom. The van der Waals surface area contributed by atoms with Crippen LogP contribution in [0.3, 0.4) is 0 Å². The highest BCUT2D eigenvalue weighted by Crippen LogP contribution is 2.28. The minimum Gasteiger partial charge on any atom is -0.445 e. The van der Waals surface area contributed by atoms with E-state index in [2.05, 4.69) is 43.1 Å². The van der Waals surface area contributed by atoms with Crippen LogP contribution in [-0.4, -0.2) is 57.5 Å². The van der Waals surface area contributed by atoms with Crippen molar-refractivity contribution >= 4 is 46.7 Å². The number of nitrogens with one attached hydrogen (secondary N) is 1. The summed E-state index contributed by atoms with van der Waals surface area (Å²) in [7, 11) is 0. The Hall–Kier alpha value is -1.51. The first-order chi connectivity index (χ1) is 14.5. The normalized spacial score (nSPS) is 15.7. The number of carbonyl (C=O) groups is 1. The molecule has 0 unspecified atom stereocenters. The van der Waals surface area contributed by atoms with Crippen LogP contribution in [-0.2, 0) is 21.4 Å². The minimum atomic E-state index is -1.68. The third-order valence-electron chi connectivity index (χ3n) is 4.77. The Bertz CT molecular complexity index is 883. The molecular formula is C21H27Cl3N4O3. The molecule has 1 N–H and O–H groups in total. The summed E-state index contributed by atoms with van der Waals surface area (Å²) in [5.74, 6) is 0.472. The molecule has 31 heavy (non-hydrogen) atoms. The largest absolute Gasteiger partial charge is 0.445 e. The number of carbonyl (C=O) groups excluding carboxylic acids is 1. The molecule has 2 heterocycles. The van der Waals surface area contributed by atoms with Gasteiger partial charge in [0.05, 0.1) is 24.6 Å². The number of aromatic nitrogens is 2. The van der Waals surface area contributed by atoms with Crippen LogP contribution in [0.1, 0.15) is 32.0 Å². The van der Waals surface area contributed by atoms with Crippen molar-refractivity contribution in [2.75, 3.05) is 38.2 Å². The molecule has 1 saturated heterocycles. The van der Waals surface area contributed by atoms with E-state index in [1.54, 1.807) is 4.68 Å². The highest BCUT2D eigenvalue weighted by atomic mass is 35.6. The summed E-state index contributed by atoms with van der Waals surface area (Å²) >= 11 is 17.0. The summed E-state index contributed by atoms with van der Waals surface area (Å²) in [4.78, 5) is 14.6. The van der Waals surface area contributed by atoms with Gasteiger partial charge in [-0.25, -0.2) is 9.48 Å². The van der Waals surface area contributed by atoms with E-state index >= 15 is 0 Å². The first-order valence-electron chi connectivity index (χ1n) is 10.0. The van der Waals surface area contributed by atoms with Crippen molar-refractivity contribution in [1.29, 1.82) is 0 Å². The van der Waals surface area contributed by atoms with E-state index in [9.17, 15) is 4.79 Å². The standard InChI is InChI=1S/C21H27Cl3N4O3/c1-20(2,3)17-12-18(25-19(29)31-14-21(22,23)24)28(26-17)16-6-4-15(5-7-16)13-27-8-10-30-11-9-27/h4-7,12H,8-11,13-14H2,1-3H3,(H,25,29). The topological polar surface area (TPSA) is 68.6 Å². The number of morpholine rings is 1. The molecule has 2 aromatic rings. The third kappa shape index (κ3) is 7.26. The Balaban J connectivity index is 1.78. The second kappa shape index (κ2) is 9.96. The van der Waals surface area contributed by atoms with E-state index in [1.807, 2.05) is 18.2 Å². The van der Waals surface area contributed by atoms with Gasteiger partial charge >= 0.3 is 6.09 Å². The van der Waals surface area contributed by atoms with Crippen LogP contribution in [0, 0.1) is 0 Å². The van der Waals surface area contributed by atoms with Gasteiger partial charge in [0.15, 0.2) is 0 Å². The van der Waals surface area contributed by atoms with Crippen molar-refractivity contribution in [3.05, 3.63) is 41.6 Å². The fourth-order valence-electron chi connectivity index (χ4n) is 3.08. The Morgan fingerprint density at radius 2 is 1.81 bits per heavy atom. The molecule has 170 valence electrons. The van der Waals surface area contributed by atoms with Crippen LogP contribution in [0.15, 0.2) is 30.3 Å². The number of alkyl halides is 3. The highest BCUT2D eigenvalue weighted by molar-refractivity contribution is 6.67. The molecule has 0 bridgehead atoms. The number of nitrogens with zero attached hydrogens (tertiary/aromatic N) is 3. The number of rotatable bonds is 5. The van der Waals surface area contributed by atoms with Crippen molar-refractivity contribution in [1.82, 2.24) is 14.7 Å². The maximum Gasteiger partial charge on any atom is 0.412 e. The van der Waals surface area contributed by atoms with Crippen LogP contribution >= 0.6 is 34.8 Å². The summed E-state index contributed by atoms with van der Waals surface area (Å²) < 4.78 is 10.4. The van der Waals surface area contributed by atoms with Gasteiger partial charge < -0.3 is 9.47 Å². The monoisotopic (exact) mass is 488 g/mol. The molecule has 1 aromatic heterocycles. The van der Waals surface area contributed by atoms with Gasteiger partial charge in [0.2, 0.25) is 3.79 Å². The van der Waals surface area contributed by atoms with E-state index < -0.39 is 9.89 Å². The lowest BCUT2D eigenvalue weighted by molar-refractivity contribution is 0.0342. The molecule has 10 heteroatoms. The zero-order valence-corrected chi connectivity index (χ0v) is 20.1. The Kier molecular flexibility index (Phi) is 7.76. The molecule has 1 aliphatic rings. The molecule has 0 aliphatic carbocycles. The number of anilines is 1. The lowest BCUT2D eigenvalue weighted by Gasteiger charge is -2.26. The number of hydrogen-bond donors (Lipinski definition) is 1. The number of amides is 1. The van der Waals surface area contributed by atoms with Crippen LogP contribution in [0.25, 0.3) is 5.69 Å². The van der Waals surface area contributed by atoms with Gasteiger partial charge in [-0.1, -0.05) is 67.7 Å². The van der Waals surface area contributed by atoms with Gasteiger partial charge in [-0.2, -0.15) is 5.10 Å². The van der Waals surface area contributed by atoms with Crippen LogP contribution < -0.4 is 5.32 Å². The molecule has 0 atom stereocenters. The molecule has 1 aromatic carbocycles. The van der Waals surface area contributed by atoms with Crippen LogP contribution in [0.5, 0.6) is 0 Å². The van der Waals surface area contributed by atoms with Crippen molar-refractivity contribution in [2.45, 2.75) is 36.5 Å². The second-order valence-corrected chi connectivity index (χ2v) is 11.0. The lowest BCUT2D eigenvalue weighted by atomic mass is 9.92. The van der Waals surface area contributed by atoms with Crippen LogP contribution in [0.4, 0.5) is 10.6 Å². The lowest BCUT2D eigenvalue weighted by Crippen LogP contribution is -2.35. The quantitative estimate of drug-likeness (QED) is 0.604. The zero-order chi connectivity index (χ0) is 22.6. The molecule has 7 nitrogen and oxygen atoms in total. The first kappa shape index (κ1) is 24.1. The average molecular weight is 490 g/mol. The second-order valence-electron chi connectivity index (χ2n) is 8.45. The molecule has 0 spiro atoms. The number of benzene rings is 1. The van der Waals surface area contributed by atoms with Crippen molar-refractivity contribution in [3.63, 3.8) is 0 Å². The predicted molar refractivity (Wildman–Crippen MR) is 124 cm³/mol. The van der Waals surface area contributed by atoms with E-state index in [4.69, 9.17) is 49.4 Å². The van der Waals surface area contributed by atoms with Gasteiger partial charge in [0.25, 0.3) is 0 Å². The summed E-state index contributed by atoms with van der Waals surface area (Å²) in [5.41, 5.74) is 2.63. The fourth-order valence-corrected chi connectivity index (χ4v) is 3.25. The van der Waals surface area contributed by atoms with E-state index in [0.29, 0.717) is 5.82 Å². The van der Waals surface area contributed by atoms with Crippen molar-refractivity contribution < 1.29 is 14.3 Å². The summed E-state index contributed by atoms with van der Waals surface area (Å²) in [6.07, 6.45) is -0.725. The number of hydrogen-bond acceptors (Lipinski definition) is 5. The number of halogens is 3. The minimum absolute atomic E-state index is 0.209. The molecule has 0 saturated carbocycles. The molecule has 3 rings (SSSR count). The van der Waals surface area contributed by atoms with Gasteiger partial charge in [-0.05, 0) is 17.7 Å². The van der Waals surface area contributed by atoms with Gasteiger partial charge in [0.1, 0.15) is 12.4 Å². The number of ether oxygens (including phenoxy) is 2. The summed E-state index contributed by atoms with van der Waals surface area (Å²) in [5, 5.41) is 7.40.